The maximum Gasteiger partial charge on any atom is 0.252 e. The van der Waals surface area contributed by atoms with Gasteiger partial charge < -0.3 is 20.7 Å². The van der Waals surface area contributed by atoms with Crippen LogP contribution in [0.5, 0.6) is 5.88 Å². The zero-order valence-corrected chi connectivity index (χ0v) is 14.8. The first-order valence-corrected chi connectivity index (χ1v) is 8.32. The average Bonchev–Trinajstić information content (AvgIpc) is 2.59. The Bertz CT molecular complexity index is 690. The number of hydrogen-bond donors (Lipinski definition) is 3. The van der Waals surface area contributed by atoms with Gasteiger partial charge in [0.25, 0.3) is 5.91 Å². The van der Waals surface area contributed by atoms with Crippen LogP contribution in [0.25, 0.3) is 0 Å². The zero-order chi connectivity index (χ0) is 18.1. The maximum atomic E-state index is 12.1. The van der Waals surface area contributed by atoms with Crippen molar-refractivity contribution in [3.63, 3.8) is 0 Å². The highest BCUT2D eigenvalue weighted by Gasteiger charge is 2.06. The van der Waals surface area contributed by atoms with Crippen LogP contribution in [0.1, 0.15) is 29.9 Å². The minimum Gasteiger partial charge on any atom is -0.478 e. The molecule has 0 aliphatic rings. The first-order valence-electron chi connectivity index (χ1n) is 8.32. The predicted molar refractivity (Wildman–Crippen MR) is 97.2 cm³/mol. The van der Waals surface area contributed by atoms with Crippen LogP contribution < -0.4 is 20.7 Å². The Hall–Kier alpha value is -2.90. The Morgan fingerprint density at radius 1 is 1.16 bits per heavy atom. The third-order valence-electron chi connectivity index (χ3n) is 3.20. The topological polar surface area (TPSA) is 101 Å². The Morgan fingerprint density at radius 2 is 2.00 bits per heavy atom. The molecule has 8 heteroatoms. The molecule has 2 heterocycles. The number of aryl methyl sites for hydroxylation is 1. The van der Waals surface area contributed by atoms with Crippen LogP contribution in [0, 0.1) is 6.92 Å². The molecule has 0 saturated carbocycles. The van der Waals surface area contributed by atoms with Crippen molar-refractivity contribution < 1.29 is 9.53 Å². The molecule has 3 N–H and O–H groups in total. The van der Waals surface area contributed by atoms with Gasteiger partial charge in [-0.1, -0.05) is 0 Å². The van der Waals surface area contributed by atoms with E-state index in [-0.39, 0.29) is 5.91 Å². The molecule has 0 aliphatic heterocycles. The normalized spacial score (nSPS) is 10.2. The van der Waals surface area contributed by atoms with E-state index < -0.39 is 0 Å². The van der Waals surface area contributed by atoms with Crippen LogP contribution in [0.4, 0.5) is 11.8 Å². The summed E-state index contributed by atoms with van der Waals surface area (Å²) in [6.07, 6.45) is 1.50. The summed E-state index contributed by atoms with van der Waals surface area (Å²) in [7, 11) is 0. The molecule has 1 amide bonds. The molecule has 2 aromatic heterocycles. The van der Waals surface area contributed by atoms with E-state index in [1.807, 2.05) is 26.8 Å². The minimum atomic E-state index is -0.184. The second kappa shape index (κ2) is 9.41. The van der Waals surface area contributed by atoms with Crippen molar-refractivity contribution in [2.45, 2.75) is 20.8 Å². The maximum absolute atomic E-state index is 12.1. The summed E-state index contributed by atoms with van der Waals surface area (Å²) in [6.45, 7) is 8.10. The number of carbonyl (C=O) groups is 1. The molecule has 0 atom stereocenters. The van der Waals surface area contributed by atoms with E-state index in [4.69, 9.17) is 4.74 Å². The molecule has 8 nitrogen and oxygen atoms in total. The smallest absolute Gasteiger partial charge is 0.252 e. The molecule has 0 spiro atoms. The SMILES string of the molecule is CCNc1cc(C)nc(NCCNC(=O)c2ccc(OCC)nc2)n1. The van der Waals surface area contributed by atoms with E-state index in [1.54, 1.807) is 12.1 Å². The van der Waals surface area contributed by atoms with Crippen LogP contribution in [0.2, 0.25) is 0 Å². The number of amides is 1. The Kier molecular flexibility index (Phi) is 6.94. The van der Waals surface area contributed by atoms with Gasteiger partial charge in [0, 0.05) is 43.7 Å². The quantitative estimate of drug-likeness (QED) is 0.597. The van der Waals surface area contributed by atoms with Crippen molar-refractivity contribution in [2.75, 3.05) is 36.9 Å². The van der Waals surface area contributed by atoms with Gasteiger partial charge in [-0.15, -0.1) is 0 Å². The van der Waals surface area contributed by atoms with Gasteiger partial charge in [-0.25, -0.2) is 9.97 Å². The summed E-state index contributed by atoms with van der Waals surface area (Å²) >= 11 is 0. The molecule has 0 aromatic carbocycles. The molecular formula is C17H24N6O2. The number of aromatic nitrogens is 3. The molecule has 2 aromatic rings. The van der Waals surface area contributed by atoms with Gasteiger partial charge in [0.1, 0.15) is 5.82 Å². The largest absolute Gasteiger partial charge is 0.478 e. The highest BCUT2D eigenvalue weighted by Crippen LogP contribution is 2.09. The lowest BCUT2D eigenvalue weighted by molar-refractivity contribution is 0.0954. The van der Waals surface area contributed by atoms with E-state index in [9.17, 15) is 4.79 Å². The third-order valence-corrected chi connectivity index (χ3v) is 3.20. The van der Waals surface area contributed by atoms with E-state index >= 15 is 0 Å². The van der Waals surface area contributed by atoms with Crippen LogP contribution >= 0.6 is 0 Å². The summed E-state index contributed by atoms with van der Waals surface area (Å²) in [4.78, 5) is 24.8. The van der Waals surface area contributed by atoms with Gasteiger partial charge in [0.05, 0.1) is 12.2 Å². The van der Waals surface area contributed by atoms with Gasteiger partial charge in [-0.05, 0) is 26.8 Å². The molecule has 0 unspecified atom stereocenters. The van der Waals surface area contributed by atoms with Gasteiger partial charge in [0.15, 0.2) is 0 Å². The Morgan fingerprint density at radius 3 is 2.68 bits per heavy atom. The molecule has 0 fully saturated rings. The Labute approximate surface area is 147 Å². The number of nitrogens with one attached hydrogen (secondary N) is 3. The minimum absolute atomic E-state index is 0.184. The highest BCUT2D eigenvalue weighted by atomic mass is 16.5. The molecule has 0 bridgehead atoms. The van der Waals surface area contributed by atoms with Crippen molar-refractivity contribution >= 4 is 17.7 Å². The fourth-order valence-electron chi connectivity index (χ4n) is 2.12. The molecule has 25 heavy (non-hydrogen) atoms. The number of rotatable bonds is 9. The number of anilines is 2. The highest BCUT2D eigenvalue weighted by molar-refractivity contribution is 5.93. The van der Waals surface area contributed by atoms with Crippen molar-refractivity contribution in [3.05, 3.63) is 35.7 Å². The number of pyridine rings is 1. The summed E-state index contributed by atoms with van der Waals surface area (Å²) in [5.41, 5.74) is 1.36. The lowest BCUT2D eigenvalue weighted by atomic mass is 10.2. The second-order valence-electron chi connectivity index (χ2n) is 5.25. The molecule has 134 valence electrons. The number of nitrogens with zero attached hydrogens (tertiary/aromatic N) is 3. The zero-order valence-electron chi connectivity index (χ0n) is 14.8. The van der Waals surface area contributed by atoms with E-state index in [0.29, 0.717) is 37.1 Å². The van der Waals surface area contributed by atoms with Crippen molar-refractivity contribution in [2.24, 2.45) is 0 Å². The number of hydrogen-bond acceptors (Lipinski definition) is 7. The van der Waals surface area contributed by atoms with Crippen LogP contribution in [-0.4, -0.2) is 47.1 Å². The van der Waals surface area contributed by atoms with Crippen LogP contribution in [0.15, 0.2) is 24.4 Å². The third kappa shape index (κ3) is 5.91. The van der Waals surface area contributed by atoms with E-state index in [2.05, 4.69) is 30.9 Å². The van der Waals surface area contributed by atoms with Gasteiger partial charge in [0.2, 0.25) is 11.8 Å². The lowest BCUT2D eigenvalue weighted by Gasteiger charge is -2.09. The molecular weight excluding hydrogens is 320 g/mol. The second-order valence-corrected chi connectivity index (χ2v) is 5.25. The van der Waals surface area contributed by atoms with Crippen LogP contribution in [0.3, 0.4) is 0 Å². The summed E-state index contributed by atoms with van der Waals surface area (Å²) in [5.74, 6) is 1.64. The number of ether oxygens (including phenoxy) is 1. The van der Waals surface area contributed by atoms with E-state index in [0.717, 1.165) is 18.1 Å². The van der Waals surface area contributed by atoms with Crippen molar-refractivity contribution in [1.82, 2.24) is 20.3 Å². The predicted octanol–water partition coefficient (Wildman–Crippen LogP) is 1.85. The molecule has 0 saturated heterocycles. The summed E-state index contributed by atoms with van der Waals surface area (Å²) < 4.78 is 5.25. The summed E-state index contributed by atoms with van der Waals surface area (Å²) in [5, 5.41) is 9.08. The van der Waals surface area contributed by atoms with Gasteiger partial charge in [-0.2, -0.15) is 4.98 Å². The fraction of sp³-hybridized carbons (Fsp3) is 0.412. The average molecular weight is 344 g/mol. The van der Waals surface area contributed by atoms with Crippen molar-refractivity contribution in [3.8, 4) is 5.88 Å². The first kappa shape index (κ1) is 18.4. The molecule has 0 radical (unpaired) electrons. The standard InChI is InChI=1S/C17H24N6O2/c1-4-18-14-10-12(3)22-17(23-14)20-9-8-19-16(24)13-6-7-15(21-11-13)25-5-2/h6-7,10-11H,4-5,8-9H2,1-3H3,(H,19,24)(H2,18,20,22,23). The lowest BCUT2D eigenvalue weighted by Crippen LogP contribution is -2.29. The molecule has 2 rings (SSSR count). The van der Waals surface area contributed by atoms with Gasteiger partial charge >= 0.3 is 0 Å². The Balaban J connectivity index is 1.79. The monoisotopic (exact) mass is 344 g/mol. The van der Waals surface area contributed by atoms with Crippen molar-refractivity contribution in [1.29, 1.82) is 0 Å². The first-order chi connectivity index (χ1) is 12.1. The molecule has 0 aliphatic carbocycles. The summed E-state index contributed by atoms with van der Waals surface area (Å²) in [6, 6.07) is 5.25. The van der Waals surface area contributed by atoms with E-state index in [1.165, 1.54) is 6.20 Å². The fourth-order valence-corrected chi connectivity index (χ4v) is 2.12. The van der Waals surface area contributed by atoms with Gasteiger partial charge in [-0.3, -0.25) is 4.79 Å². The van der Waals surface area contributed by atoms with Crippen LogP contribution in [-0.2, 0) is 0 Å². The number of carbonyl (C=O) groups excluding carboxylic acids is 1.